The van der Waals surface area contributed by atoms with Gasteiger partial charge in [0.15, 0.2) is 0 Å². The third-order valence-corrected chi connectivity index (χ3v) is 3.23. The van der Waals surface area contributed by atoms with Gasteiger partial charge in [-0.1, -0.05) is 0 Å². The van der Waals surface area contributed by atoms with Crippen molar-refractivity contribution in [3.05, 3.63) is 0 Å². The molecule has 0 radical (unpaired) electrons. The average molecular weight is 236 g/mol. The van der Waals surface area contributed by atoms with Gasteiger partial charge in [-0.3, -0.25) is 0 Å². The summed E-state index contributed by atoms with van der Waals surface area (Å²) in [6, 6.07) is 0. The topological polar surface area (TPSA) is 29.5 Å². The predicted molar refractivity (Wildman–Crippen MR) is 59.7 cm³/mol. The van der Waals surface area contributed by atoms with Gasteiger partial charge in [0.1, 0.15) is 0 Å². The Labute approximate surface area is 102 Å². The molecule has 6 heteroatoms. The molecule has 0 aromatic heterocycles. The zero-order valence-corrected chi connectivity index (χ0v) is 11.8. The molecule has 1 N–H and O–H groups in total. The van der Waals surface area contributed by atoms with Gasteiger partial charge in [0.2, 0.25) is 0 Å². The van der Waals surface area contributed by atoms with Crippen molar-refractivity contribution in [3.63, 3.8) is 0 Å². The van der Waals surface area contributed by atoms with Crippen molar-refractivity contribution in [2.75, 3.05) is 6.61 Å². The van der Waals surface area contributed by atoms with Gasteiger partial charge in [0.25, 0.3) is 0 Å². The molecule has 0 unspecified atom stereocenters. The summed E-state index contributed by atoms with van der Waals surface area (Å²) in [7, 11) is -2.54. The fourth-order valence-electron chi connectivity index (χ4n) is 0.870. The summed E-state index contributed by atoms with van der Waals surface area (Å²) in [5.74, 6) is 0. The van der Waals surface area contributed by atoms with Gasteiger partial charge in [-0.15, -0.1) is 0 Å². The van der Waals surface area contributed by atoms with Gasteiger partial charge in [-0.2, -0.15) is 0 Å². The molecule has 0 aliphatic carbocycles. The maximum atomic E-state index is 8.92. The van der Waals surface area contributed by atoms with Crippen molar-refractivity contribution >= 4 is 58.0 Å². The van der Waals surface area contributed by atoms with E-state index in [-0.39, 0.29) is 0 Å². The zero-order valence-electron chi connectivity index (χ0n) is 7.32. The summed E-state index contributed by atoms with van der Waals surface area (Å²) in [6.45, 7) is 0.514. The van der Waals surface area contributed by atoms with E-state index in [4.69, 9.17) is 8.74 Å². The molecule has 0 rings (SSSR count). The second kappa shape index (κ2) is 8.05. The van der Waals surface area contributed by atoms with Gasteiger partial charge >= 0.3 is 103 Å². The van der Waals surface area contributed by atoms with Crippen LogP contribution in [0.5, 0.6) is 0 Å². The van der Waals surface area contributed by atoms with Crippen LogP contribution in [-0.2, 0) is 34.3 Å². The van der Waals surface area contributed by atoms with Crippen LogP contribution >= 0.6 is 0 Å². The van der Waals surface area contributed by atoms with Crippen molar-refractivity contribution in [2.24, 2.45) is 0 Å². The van der Waals surface area contributed by atoms with Crippen LogP contribution in [0.2, 0.25) is 3.67 Å². The Morgan fingerprint density at radius 3 is 2.25 bits per heavy atom. The molecule has 0 aromatic rings. The third-order valence-electron chi connectivity index (χ3n) is 1.48. The van der Waals surface area contributed by atoms with Gasteiger partial charge in [-0.25, -0.2) is 0 Å². The van der Waals surface area contributed by atoms with Crippen LogP contribution in [0.25, 0.3) is 0 Å². The van der Waals surface area contributed by atoms with E-state index in [2.05, 4.69) is 22.4 Å². The first-order valence-electron chi connectivity index (χ1n) is 4.18. The van der Waals surface area contributed by atoms with Crippen molar-refractivity contribution in [2.45, 2.75) is 29.4 Å². The molecule has 0 saturated carbocycles. The van der Waals surface area contributed by atoms with Crippen molar-refractivity contribution in [3.8, 4) is 0 Å². The van der Waals surface area contributed by atoms with Crippen LogP contribution in [0.4, 0.5) is 0 Å². The molecule has 12 heavy (non-hydrogen) atoms. The number of hydrogen-bond donors (Lipinski definition) is 1. The van der Waals surface area contributed by atoms with E-state index in [1.54, 1.807) is 0 Å². The molecule has 0 bridgehead atoms. The second-order valence-electron chi connectivity index (χ2n) is 2.66. The molecule has 0 aromatic carbocycles. The minimum atomic E-state index is -2.54. The average Bonchev–Trinajstić information content (AvgIpc) is 1.94. The standard InChI is InChI=1S/C6H13O2S3.Na/c1-2-3-4-5-6-8-11(7,9)10;/h1-6H2,(H,7,9,10);. The summed E-state index contributed by atoms with van der Waals surface area (Å²) in [5.41, 5.74) is 0. The zero-order chi connectivity index (χ0) is 9.45. The van der Waals surface area contributed by atoms with Crippen LogP contribution in [0.1, 0.15) is 25.7 Å². The fourth-order valence-corrected chi connectivity index (χ4v) is 2.11. The SMILES string of the molecule is OS(=S)(=S)OCCCCC[CH2][Na]. The Kier molecular flexibility index (Phi) is 9.20. The predicted octanol–water partition coefficient (Wildman–Crippen LogP) is 1.62. The van der Waals surface area contributed by atoms with Crippen LogP contribution < -0.4 is 0 Å². The first-order valence-corrected chi connectivity index (χ1v) is 8.96. The van der Waals surface area contributed by atoms with Crippen molar-refractivity contribution < 1.29 is 8.74 Å². The van der Waals surface area contributed by atoms with Gasteiger partial charge < -0.3 is 0 Å². The minimum absolute atomic E-state index is 0.514. The number of hydrogen-bond acceptors (Lipinski definition) is 3. The molecule has 0 aliphatic rings. The molecule has 0 atom stereocenters. The summed E-state index contributed by atoms with van der Waals surface area (Å²) in [6.07, 6.45) is 4.70. The molecule has 0 heterocycles. The third kappa shape index (κ3) is 11.7. The van der Waals surface area contributed by atoms with E-state index in [0.717, 1.165) is 12.8 Å². The first kappa shape index (κ1) is 13.7. The second-order valence-corrected chi connectivity index (χ2v) is 8.10. The van der Waals surface area contributed by atoms with E-state index in [1.807, 2.05) is 0 Å². The van der Waals surface area contributed by atoms with Crippen molar-refractivity contribution in [1.82, 2.24) is 0 Å². The molecule has 0 saturated heterocycles. The van der Waals surface area contributed by atoms with Crippen LogP contribution in [0.15, 0.2) is 0 Å². The Morgan fingerprint density at radius 2 is 1.75 bits per heavy atom. The Balaban J connectivity index is 3.12. The van der Waals surface area contributed by atoms with Crippen LogP contribution in [-0.4, -0.2) is 39.1 Å². The van der Waals surface area contributed by atoms with E-state index in [0.29, 0.717) is 6.61 Å². The summed E-state index contributed by atoms with van der Waals surface area (Å²) < 4.78 is 15.2. The monoisotopic (exact) mass is 236 g/mol. The molecular formula is C6H13NaO2S3. The van der Waals surface area contributed by atoms with E-state index in [1.165, 1.54) is 44.4 Å². The summed E-state index contributed by atoms with van der Waals surface area (Å²) in [4.78, 5) is 0. The van der Waals surface area contributed by atoms with Crippen LogP contribution in [0.3, 0.4) is 0 Å². The van der Waals surface area contributed by atoms with Crippen molar-refractivity contribution in [1.29, 1.82) is 0 Å². The Bertz CT molecular complexity index is 191. The Morgan fingerprint density at radius 1 is 1.17 bits per heavy atom. The molecule has 0 spiro atoms. The first-order chi connectivity index (χ1) is 5.56. The maximum absolute atomic E-state index is 8.92. The molecule has 2 nitrogen and oxygen atoms in total. The summed E-state index contributed by atoms with van der Waals surface area (Å²) in [5, 5.41) is 0. The molecule has 0 aliphatic heterocycles. The quantitative estimate of drug-likeness (QED) is 0.537. The Hall–Kier alpha value is 1.71. The van der Waals surface area contributed by atoms with E-state index < -0.39 is 7.71 Å². The van der Waals surface area contributed by atoms with E-state index >= 15 is 0 Å². The number of rotatable bonds is 7. The van der Waals surface area contributed by atoms with Gasteiger partial charge in [0, 0.05) is 0 Å². The fraction of sp³-hybridized carbons (Fsp3) is 1.00. The molecular weight excluding hydrogens is 223 g/mol. The van der Waals surface area contributed by atoms with E-state index in [9.17, 15) is 0 Å². The van der Waals surface area contributed by atoms with Crippen LogP contribution in [0, 0.1) is 0 Å². The molecule has 68 valence electrons. The number of unbranched alkanes of at least 4 members (excludes halogenated alkanes) is 3. The normalized spacial score (nSPS) is 11.9. The van der Waals surface area contributed by atoms with Gasteiger partial charge in [-0.05, 0) is 0 Å². The molecule has 0 fully saturated rings. The molecule has 0 amide bonds. The summed E-state index contributed by atoms with van der Waals surface area (Å²) >= 11 is 10.3. The van der Waals surface area contributed by atoms with Gasteiger partial charge in [0.05, 0.1) is 0 Å².